The normalized spacial score (nSPS) is 20.1. The minimum absolute atomic E-state index is 0.138. The van der Waals surface area contributed by atoms with Crippen molar-refractivity contribution in [2.45, 2.75) is 58.5 Å². The van der Waals surface area contributed by atoms with Gasteiger partial charge in [-0.3, -0.25) is 0 Å². The van der Waals surface area contributed by atoms with Crippen molar-refractivity contribution in [3.05, 3.63) is 35.4 Å². The zero-order valence-corrected chi connectivity index (χ0v) is 11.5. The van der Waals surface area contributed by atoms with Gasteiger partial charge in [0.05, 0.1) is 5.60 Å². The van der Waals surface area contributed by atoms with Crippen LogP contribution in [0.25, 0.3) is 0 Å². The lowest BCUT2D eigenvalue weighted by Gasteiger charge is -2.31. The van der Waals surface area contributed by atoms with Gasteiger partial charge >= 0.3 is 0 Å². The first-order valence-electron chi connectivity index (χ1n) is 6.61. The van der Waals surface area contributed by atoms with Crippen LogP contribution < -0.4 is 0 Å². The molecule has 1 aliphatic carbocycles. The van der Waals surface area contributed by atoms with E-state index in [0.29, 0.717) is 0 Å². The molecule has 1 nitrogen and oxygen atoms in total. The molecule has 1 N–H and O–H groups in total. The van der Waals surface area contributed by atoms with Crippen LogP contribution in [0.2, 0.25) is 0 Å². The molecule has 0 aromatic heterocycles. The lowest BCUT2D eigenvalue weighted by Crippen LogP contribution is -2.27. The van der Waals surface area contributed by atoms with E-state index >= 15 is 0 Å². The number of benzene rings is 1. The smallest absolute Gasteiger partial charge is 0.0873 e. The average molecular weight is 232 g/mol. The molecular weight excluding hydrogens is 208 g/mol. The monoisotopic (exact) mass is 232 g/mol. The Bertz CT molecular complexity index is 377. The van der Waals surface area contributed by atoms with E-state index < -0.39 is 5.60 Å². The van der Waals surface area contributed by atoms with Crippen molar-refractivity contribution in [2.75, 3.05) is 0 Å². The quantitative estimate of drug-likeness (QED) is 0.827. The van der Waals surface area contributed by atoms with Crippen LogP contribution in [0.15, 0.2) is 24.3 Å². The molecule has 94 valence electrons. The van der Waals surface area contributed by atoms with Crippen LogP contribution in [-0.4, -0.2) is 5.11 Å². The van der Waals surface area contributed by atoms with E-state index in [1.54, 1.807) is 0 Å². The van der Waals surface area contributed by atoms with Crippen LogP contribution in [0, 0.1) is 5.41 Å². The second-order valence-electron chi connectivity index (χ2n) is 6.91. The van der Waals surface area contributed by atoms with Crippen LogP contribution in [0.5, 0.6) is 0 Å². The van der Waals surface area contributed by atoms with E-state index in [1.807, 2.05) is 6.92 Å². The minimum atomic E-state index is -0.722. The molecule has 0 bridgehead atoms. The highest BCUT2D eigenvalue weighted by molar-refractivity contribution is 5.30. The van der Waals surface area contributed by atoms with E-state index in [0.717, 1.165) is 17.9 Å². The van der Waals surface area contributed by atoms with Gasteiger partial charge in [-0.05, 0) is 48.6 Å². The van der Waals surface area contributed by atoms with E-state index in [-0.39, 0.29) is 5.41 Å². The summed E-state index contributed by atoms with van der Waals surface area (Å²) < 4.78 is 0. The molecule has 0 amide bonds. The Balaban J connectivity index is 2.14. The Hall–Kier alpha value is -0.820. The van der Waals surface area contributed by atoms with Crippen molar-refractivity contribution in [1.82, 2.24) is 0 Å². The van der Waals surface area contributed by atoms with Gasteiger partial charge in [0, 0.05) is 0 Å². The molecule has 0 aliphatic heterocycles. The summed E-state index contributed by atoms with van der Waals surface area (Å²) in [6.07, 6.45) is 3.44. The molecule has 1 aromatic carbocycles. The third kappa shape index (κ3) is 3.32. The SMILES string of the molecule is CC(C)(C)CC(C)(O)c1ccc(C2CC2)cc1. The molecule has 1 saturated carbocycles. The van der Waals surface area contributed by atoms with Gasteiger partial charge < -0.3 is 5.11 Å². The van der Waals surface area contributed by atoms with Gasteiger partial charge in [0.1, 0.15) is 0 Å². The van der Waals surface area contributed by atoms with E-state index in [2.05, 4.69) is 45.0 Å². The van der Waals surface area contributed by atoms with Crippen LogP contribution in [0.4, 0.5) is 0 Å². The van der Waals surface area contributed by atoms with Crippen molar-refractivity contribution in [1.29, 1.82) is 0 Å². The van der Waals surface area contributed by atoms with Crippen LogP contribution in [0.3, 0.4) is 0 Å². The van der Waals surface area contributed by atoms with Crippen molar-refractivity contribution in [3.8, 4) is 0 Å². The van der Waals surface area contributed by atoms with Crippen molar-refractivity contribution in [3.63, 3.8) is 0 Å². The molecule has 1 fully saturated rings. The van der Waals surface area contributed by atoms with E-state index in [9.17, 15) is 5.11 Å². The molecule has 1 atom stereocenters. The largest absolute Gasteiger partial charge is 0.385 e. The fourth-order valence-corrected chi connectivity index (χ4v) is 2.67. The Morgan fingerprint density at radius 3 is 2.00 bits per heavy atom. The highest BCUT2D eigenvalue weighted by Crippen LogP contribution is 2.41. The second-order valence-corrected chi connectivity index (χ2v) is 6.91. The highest BCUT2D eigenvalue weighted by atomic mass is 16.3. The van der Waals surface area contributed by atoms with Crippen LogP contribution in [0.1, 0.15) is 64.0 Å². The van der Waals surface area contributed by atoms with Gasteiger partial charge in [0.2, 0.25) is 0 Å². The third-order valence-electron chi connectivity index (χ3n) is 3.46. The number of hydrogen-bond donors (Lipinski definition) is 1. The summed E-state index contributed by atoms with van der Waals surface area (Å²) in [6.45, 7) is 8.42. The summed E-state index contributed by atoms with van der Waals surface area (Å²) in [7, 11) is 0. The predicted molar refractivity (Wildman–Crippen MR) is 72.1 cm³/mol. The predicted octanol–water partition coefficient (Wildman–Crippen LogP) is 4.21. The Labute approximate surface area is 105 Å². The fourth-order valence-electron chi connectivity index (χ4n) is 2.67. The molecule has 0 heterocycles. The lowest BCUT2D eigenvalue weighted by molar-refractivity contribution is 0.0151. The summed E-state index contributed by atoms with van der Waals surface area (Å²) in [5.41, 5.74) is 1.89. The average Bonchev–Trinajstić information content (AvgIpc) is 2.97. The van der Waals surface area contributed by atoms with Crippen molar-refractivity contribution < 1.29 is 5.11 Å². The van der Waals surface area contributed by atoms with Gasteiger partial charge in [-0.25, -0.2) is 0 Å². The zero-order valence-electron chi connectivity index (χ0n) is 11.5. The van der Waals surface area contributed by atoms with Gasteiger partial charge in [-0.1, -0.05) is 45.0 Å². The number of hydrogen-bond acceptors (Lipinski definition) is 1. The van der Waals surface area contributed by atoms with Gasteiger partial charge in [-0.2, -0.15) is 0 Å². The molecule has 1 unspecified atom stereocenters. The first-order chi connectivity index (χ1) is 7.78. The zero-order chi connectivity index (χ0) is 12.7. The highest BCUT2D eigenvalue weighted by Gasteiger charge is 2.30. The molecule has 1 heteroatoms. The molecular formula is C16H24O. The van der Waals surface area contributed by atoms with E-state index in [4.69, 9.17) is 0 Å². The summed E-state index contributed by atoms with van der Waals surface area (Å²) in [4.78, 5) is 0. The maximum Gasteiger partial charge on any atom is 0.0873 e. The summed E-state index contributed by atoms with van der Waals surface area (Å²) in [5.74, 6) is 0.789. The first kappa shape index (κ1) is 12.6. The van der Waals surface area contributed by atoms with Crippen LogP contribution in [-0.2, 0) is 5.60 Å². The maximum absolute atomic E-state index is 10.6. The molecule has 1 aliphatic rings. The topological polar surface area (TPSA) is 20.2 Å². The summed E-state index contributed by atoms with van der Waals surface area (Å²) in [5, 5.41) is 10.6. The molecule has 0 radical (unpaired) electrons. The van der Waals surface area contributed by atoms with Crippen molar-refractivity contribution in [2.24, 2.45) is 5.41 Å². The van der Waals surface area contributed by atoms with Gasteiger partial charge in [0.15, 0.2) is 0 Å². The Kier molecular flexibility index (Phi) is 3.07. The van der Waals surface area contributed by atoms with Crippen molar-refractivity contribution >= 4 is 0 Å². The minimum Gasteiger partial charge on any atom is -0.385 e. The lowest BCUT2D eigenvalue weighted by atomic mass is 9.79. The third-order valence-corrected chi connectivity index (χ3v) is 3.46. The summed E-state index contributed by atoms with van der Waals surface area (Å²) >= 11 is 0. The molecule has 17 heavy (non-hydrogen) atoms. The molecule has 2 rings (SSSR count). The Morgan fingerprint density at radius 1 is 1.06 bits per heavy atom. The summed E-state index contributed by atoms with van der Waals surface area (Å²) in [6, 6.07) is 8.56. The van der Waals surface area contributed by atoms with Gasteiger partial charge in [-0.15, -0.1) is 0 Å². The fraction of sp³-hybridized carbons (Fsp3) is 0.625. The van der Waals surface area contributed by atoms with Crippen LogP contribution >= 0.6 is 0 Å². The number of aliphatic hydroxyl groups is 1. The first-order valence-corrected chi connectivity index (χ1v) is 6.61. The maximum atomic E-state index is 10.6. The second kappa shape index (κ2) is 4.13. The van der Waals surface area contributed by atoms with E-state index in [1.165, 1.54) is 18.4 Å². The Morgan fingerprint density at radius 2 is 1.59 bits per heavy atom. The molecule has 0 spiro atoms. The molecule has 1 aromatic rings. The standard InChI is InChI=1S/C16H24O/c1-15(2,3)11-16(4,17)14-9-7-13(8-10-14)12-5-6-12/h7-10,12,17H,5-6,11H2,1-4H3. The number of rotatable bonds is 3. The van der Waals surface area contributed by atoms with Gasteiger partial charge in [0.25, 0.3) is 0 Å². The molecule has 0 saturated heterocycles.